The van der Waals surface area contributed by atoms with Crippen molar-refractivity contribution in [2.45, 2.75) is 0 Å². The number of halogens is 1. The van der Waals surface area contributed by atoms with Crippen molar-refractivity contribution in [2.24, 2.45) is 0 Å². The number of hydrogen-bond donors (Lipinski definition) is 2. The van der Waals surface area contributed by atoms with Gasteiger partial charge < -0.3 is 14.8 Å². The Balaban J connectivity index is 1.75. The minimum absolute atomic E-state index is 0.242. The molecular formula is C22H20ClN3O5. The maximum absolute atomic E-state index is 12.7. The molecule has 1 aromatic heterocycles. The zero-order valence-electron chi connectivity index (χ0n) is 16.7. The molecule has 0 atom stereocenters. The number of urea groups is 1. The van der Waals surface area contributed by atoms with Crippen LogP contribution in [0.2, 0.25) is 5.02 Å². The SMILES string of the molecule is COCCNC(=O)NC(=O)COC(=O)c1cc(-c2ccc(Cl)cc2)nc2ccccc12. The standard InChI is InChI=1S/C22H20ClN3O5/c1-30-11-10-24-22(29)26-20(27)13-31-21(28)17-12-19(14-6-8-15(23)9-7-14)25-18-5-3-2-4-16(17)18/h2-9,12H,10-11,13H2,1H3,(H2,24,26,27,29). The third-order valence-corrected chi connectivity index (χ3v) is 4.51. The lowest BCUT2D eigenvalue weighted by molar-refractivity contribution is -0.123. The number of nitrogens with one attached hydrogen (secondary N) is 2. The second kappa shape index (κ2) is 10.5. The summed E-state index contributed by atoms with van der Waals surface area (Å²) >= 11 is 5.95. The predicted molar refractivity (Wildman–Crippen MR) is 116 cm³/mol. The van der Waals surface area contributed by atoms with E-state index in [0.29, 0.717) is 28.2 Å². The maximum atomic E-state index is 12.7. The molecule has 2 N–H and O–H groups in total. The smallest absolute Gasteiger partial charge is 0.339 e. The van der Waals surface area contributed by atoms with Crippen LogP contribution in [-0.4, -0.2) is 49.8 Å². The Kier molecular flexibility index (Phi) is 7.53. The van der Waals surface area contributed by atoms with Crippen LogP contribution in [0.3, 0.4) is 0 Å². The van der Waals surface area contributed by atoms with E-state index in [1.807, 2.05) is 6.07 Å². The van der Waals surface area contributed by atoms with E-state index in [1.54, 1.807) is 48.5 Å². The van der Waals surface area contributed by atoms with Gasteiger partial charge in [-0.3, -0.25) is 10.1 Å². The van der Waals surface area contributed by atoms with Gasteiger partial charge in [-0.2, -0.15) is 0 Å². The van der Waals surface area contributed by atoms with Gasteiger partial charge in [-0.05, 0) is 24.3 Å². The van der Waals surface area contributed by atoms with Gasteiger partial charge in [-0.25, -0.2) is 14.6 Å². The number of amides is 3. The summed E-state index contributed by atoms with van der Waals surface area (Å²) < 4.78 is 9.93. The first-order valence-electron chi connectivity index (χ1n) is 9.37. The third-order valence-electron chi connectivity index (χ3n) is 4.26. The molecule has 2 aromatic carbocycles. The molecule has 0 aliphatic heterocycles. The molecule has 9 heteroatoms. The highest BCUT2D eigenvalue weighted by molar-refractivity contribution is 6.30. The van der Waals surface area contributed by atoms with E-state index < -0.39 is 24.5 Å². The van der Waals surface area contributed by atoms with Crippen LogP contribution >= 0.6 is 11.6 Å². The van der Waals surface area contributed by atoms with E-state index in [1.165, 1.54) is 7.11 Å². The molecular weight excluding hydrogens is 422 g/mol. The molecule has 0 spiro atoms. The van der Waals surface area contributed by atoms with Gasteiger partial charge in [0.2, 0.25) is 0 Å². The van der Waals surface area contributed by atoms with Crippen molar-refractivity contribution in [3.05, 3.63) is 65.2 Å². The van der Waals surface area contributed by atoms with Crippen molar-refractivity contribution in [2.75, 3.05) is 26.9 Å². The number of methoxy groups -OCH3 is 1. The zero-order chi connectivity index (χ0) is 22.2. The minimum atomic E-state index is -0.750. The Bertz CT molecular complexity index is 1100. The molecule has 1 heterocycles. The highest BCUT2D eigenvalue weighted by atomic mass is 35.5. The third kappa shape index (κ3) is 6.00. The number of esters is 1. The minimum Gasteiger partial charge on any atom is -0.452 e. The summed E-state index contributed by atoms with van der Waals surface area (Å²) in [6.45, 7) is -0.0585. The van der Waals surface area contributed by atoms with Crippen LogP contribution < -0.4 is 10.6 Å². The van der Waals surface area contributed by atoms with Gasteiger partial charge in [0.25, 0.3) is 5.91 Å². The van der Waals surface area contributed by atoms with Crippen molar-refractivity contribution < 1.29 is 23.9 Å². The van der Waals surface area contributed by atoms with E-state index in [2.05, 4.69) is 15.6 Å². The summed E-state index contributed by atoms with van der Waals surface area (Å²) in [7, 11) is 1.49. The second-order valence-electron chi connectivity index (χ2n) is 6.45. The van der Waals surface area contributed by atoms with Crippen LogP contribution in [0.15, 0.2) is 54.6 Å². The molecule has 3 rings (SSSR count). The maximum Gasteiger partial charge on any atom is 0.339 e. The van der Waals surface area contributed by atoms with Crippen LogP contribution in [0.5, 0.6) is 0 Å². The first kappa shape index (κ1) is 22.2. The average molecular weight is 442 g/mol. The van der Waals surface area contributed by atoms with Crippen LogP contribution in [0, 0.1) is 0 Å². The summed E-state index contributed by atoms with van der Waals surface area (Å²) in [5.74, 6) is -1.46. The van der Waals surface area contributed by atoms with Gasteiger partial charge in [0, 0.05) is 29.6 Å². The Labute approximate surface area is 183 Å². The monoisotopic (exact) mass is 441 g/mol. The fourth-order valence-electron chi connectivity index (χ4n) is 2.80. The number of imide groups is 1. The normalized spacial score (nSPS) is 10.5. The number of carbonyl (C=O) groups is 3. The highest BCUT2D eigenvalue weighted by Gasteiger charge is 2.17. The van der Waals surface area contributed by atoms with Crippen molar-refractivity contribution in [1.82, 2.24) is 15.6 Å². The van der Waals surface area contributed by atoms with Gasteiger partial charge >= 0.3 is 12.0 Å². The summed E-state index contributed by atoms with van der Waals surface area (Å²) in [6.07, 6.45) is 0. The number of rotatable bonds is 7. The fraction of sp³-hybridized carbons (Fsp3) is 0.182. The van der Waals surface area contributed by atoms with Crippen molar-refractivity contribution >= 4 is 40.4 Å². The van der Waals surface area contributed by atoms with Crippen molar-refractivity contribution in [3.63, 3.8) is 0 Å². The Morgan fingerprint density at radius 1 is 1.06 bits per heavy atom. The van der Waals surface area contributed by atoms with Gasteiger partial charge in [-0.1, -0.05) is 41.9 Å². The number of aromatic nitrogens is 1. The number of hydrogen-bond acceptors (Lipinski definition) is 6. The first-order chi connectivity index (χ1) is 15.0. The van der Waals surface area contributed by atoms with Crippen LogP contribution in [0.25, 0.3) is 22.2 Å². The van der Waals surface area contributed by atoms with Gasteiger partial charge in [0.05, 0.1) is 23.4 Å². The Hall–Kier alpha value is -3.49. The molecule has 160 valence electrons. The quantitative estimate of drug-likeness (QED) is 0.431. The topological polar surface area (TPSA) is 107 Å². The van der Waals surface area contributed by atoms with Gasteiger partial charge in [0.15, 0.2) is 6.61 Å². The molecule has 0 radical (unpaired) electrons. The van der Waals surface area contributed by atoms with E-state index in [9.17, 15) is 14.4 Å². The van der Waals surface area contributed by atoms with E-state index in [-0.39, 0.29) is 12.1 Å². The Morgan fingerprint density at radius 3 is 2.55 bits per heavy atom. The van der Waals surface area contributed by atoms with Crippen molar-refractivity contribution in [3.8, 4) is 11.3 Å². The predicted octanol–water partition coefficient (Wildman–Crippen LogP) is 3.18. The lowest BCUT2D eigenvalue weighted by atomic mass is 10.0. The molecule has 0 unspecified atom stereocenters. The summed E-state index contributed by atoms with van der Waals surface area (Å²) in [5.41, 5.74) is 2.19. The van der Waals surface area contributed by atoms with E-state index >= 15 is 0 Å². The Morgan fingerprint density at radius 2 is 1.81 bits per heavy atom. The van der Waals surface area contributed by atoms with Crippen LogP contribution in [0.4, 0.5) is 4.79 Å². The molecule has 3 aromatic rings. The highest BCUT2D eigenvalue weighted by Crippen LogP contribution is 2.26. The zero-order valence-corrected chi connectivity index (χ0v) is 17.4. The number of pyridine rings is 1. The largest absolute Gasteiger partial charge is 0.452 e. The van der Waals surface area contributed by atoms with Crippen LogP contribution in [0.1, 0.15) is 10.4 Å². The second-order valence-corrected chi connectivity index (χ2v) is 6.89. The van der Waals surface area contributed by atoms with E-state index in [0.717, 1.165) is 5.56 Å². The number of para-hydroxylation sites is 1. The van der Waals surface area contributed by atoms with E-state index in [4.69, 9.17) is 21.1 Å². The molecule has 0 saturated carbocycles. The number of nitrogens with zero attached hydrogens (tertiary/aromatic N) is 1. The molecule has 3 amide bonds. The number of ether oxygens (including phenoxy) is 2. The first-order valence-corrected chi connectivity index (χ1v) is 9.75. The lowest BCUT2D eigenvalue weighted by Gasteiger charge is -2.10. The molecule has 8 nitrogen and oxygen atoms in total. The molecule has 0 fully saturated rings. The van der Waals surface area contributed by atoms with Gasteiger partial charge in [-0.15, -0.1) is 0 Å². The lowest BCUT2D eigenvalue weighted by Crippen LogP contribution is -2.42. The van der Waals surface area contributed by atoms with Crippen LogP contribution in [-0.2, 0) is 14.3 Å². The summed E-state index contributed by atoms with van der Waals surface area (Å²) in [5, 5.41) is 5.68. The molecule has 0 saturated heterocycles. The molecule has 0 aliphatic carbocycles. The number of fused-ring (bicyclic) bond motifs is 1. The molecule has 0 bridgehead atoms. The van der Waals surface area contributed by atoms with Gasteiger partial charge in [0.1, 0.15) is 0 Å². The van der Waals surface area contributed by atoms with Crippen molar-refractivity contribution in [1.29, 1.82) is 0 Å². The fourth-order valence-corrected chi connectivity index (χ4v) is 2.92. The molecule has 31 heavy (non-hydrogen) atoms. The average Bonchev–Trinajstić information content (AvgIpc) is 2.77. The number of benzene rings is 2. The summed E-state index contributed by atoms with van der Waals surface area (Å²) in [4.78, 5) is 40.8. The number of carbonyl (C=O) groups excluding carboxylic acids is 3. The summed E-state index contributed by atoms with van der Waals surface area (Å²) in [6, 6.07) is 15.1. The molecule has 0 aliphatic rings.